The van der Waals surface area contributed by atoms with E-state index in [1.54, 1.807) is 12.1 Å². The van der Waals surface area contributed by atoms with Gasteiger partial charge in [0.2, 0.25) is 11.8 Å². The van der Waals surface area contributed by atoms with E-state index in [4.69, 9.17) is 4.42 Å². The summed E-state index contributed by atoms with van der Waals surface area (Å²) in [6, 6.07) is 3.16. The molecule has 2 atom stereocenters. The van der Waals surface area contributed by atoms with Crippen LogP contribution in [0.15, 0.2) is 22.8 Å². The Hall–Kier alpha value is -1.82. The van der Waals surface area contributed by atoms with Crippen molar-refractivity contribution in [2.75, 3.05) is 13.2 Å². The summed E-state index contributed by atoms with van der Waals surface area (Å²) in [5, 5.41) is 12.3. The number of carbonyl (C=O) groups excluding carboxylic acids is 2. The summed E-state index contributed by atoms with van der Waals surface area (Å²) in [5.41, 5.74) is 0. The highest BCUT2D eigenvalue weighted by atomic mass is 16.3. The van der Waals surface area contributed by atoms with Gasteiger partial charge in [-0.3, -0.25) is 9.59 Å². The predicted octanol–water partition coefficient (Wildman–Crippen LogP) is 1.86. The number of furan rings is 1. The summed E-state index contributed by atoms with van der Waals surface area (Å²) in [6.07, 6.45) is 6.13. The average molecular weight is 334 g/mol. The lowest BCUT2D eigenvalue weighted by Crippen LogP contribution is -2.41. The van der Waals surface area contributed by atoms with Crippen LogP contribution in [0.25, 0.3) is 0 Å². The first-order valence-electron chi connectivity index (χ1n) is 8.82. The Balaban J connectivity index is 1.57. The average Bonchev–Trinajstić information content (AvgIpc) is 3.23. The summed E-state index contributed by atoms with van der Waals surface area (Å²) in [4.78, 5) is 26.7. The van der Waals surface area contributed by atoms with E-state index in [2.05, 4.69) is 12.2 Å². The van der Waals surface area contributed by atoms with Crippen LogP contribution in [0.3, 0.4) is 0 Å². The first-order valence-corrected chi connectivity index (χ1v) is 8.82. The largest absolute Gasteiger partial charge is 0.467 e. The lowest BCUT2D eigenvalue weighted by atomic mass is 9.87. The zero-order chi connectivity index (χ0) is 17.1. The second kappa shape index (κ2) is 7.38. The molecule has 0 spiro atoms. The van der Waals surface area contributed by atoms with Crippen LogP contribution in [-0.2, 0) is 9.59 Å². The molecule has 1 aliphatic carbocycles. The van der Waals surface area contributed by atoms with Crippen molar-refractivity contribution in [1.29, 1.82) is 0 Å². The molecular formula is C18H26N2O4. The number of nitrogens with one attached hydrogen (secondary N) is 1. The van der Waals surface area contributed by atoms with Gasteiger partial charge in [0.1, 0.15) is 11.8 Å². The Bertz CT molecular complexity index is 564. The van der Waals surface area contributed by atoms with Crippen molar-refractivity contribution in [3.05, 3.63) is 24.2 Å². The van der Waals surface area contributed by atoms with Gasteiger partial charge in [0.05, 0.1) is 18.8 Å². The fraction of sp³-hybridized carbons (Fsp3) is 0.667. The Morgan fingerprint density at radius 1 is 1.42 bits per heavy atom. The van der Waals surface area contributed by atoms with E-state index >= 15 is 0 Å². The maximum atomic E-state index is 12.5. The molecule has 0 radical (unpaired) electrons. The van der Waals surface area contributed by atoms with Gasteiger partial charge in [0.25, 0.3) is 0 Å². The first-order chi connectivity index (χ1) is 11.6. The van der Waals surface area contributed by atoms with Crippen LogP contribution < -0.4 is 5.32 Å². The molecule has 2 N–H and O–H groups in total. The van der Waals surface area contributed by atoms with E-state index in [0.717, 1.165) is 31.6 Å². The SMILES string of the molecule is CC1CCC(N2CC(C(=O)NC(CO)c3ccco3)CC2=O)CC1. The van der Waals surface area contributed by atoms with Crippen molar-refractivity contribution in [2.24, 2.45) is 11.8 Å². The number of amides is 2. The third kappa shape index (κ3) is 3.64. The van der Waals surface area contributed by atoms with Gasteiger partial charge in [-0.1, -0.05) is 6.92 Å². The Morgan fingerprint density at radius 2 is 2.17 bits per heavy atom. The van der Waals surface area contributed by atoms with Crippen LogP contribution in [0.2, 0.25) is 0 Å². The quantitative estimate of drug-likeness (QED) is 0.861. The minimum absolute atomic E-state index is 0.0771. The molecule has 24 heavy (non-hydrogen) atoms. The molecule has 0 aromatic carbocycles. The molecule has 2 aliphatic rings. The Kier molecular flexibility index (Phi) is 5.23. The second-order valence-electron chi connectivity index (χ2n) is 7.12. The minimum Gasteiger partial charge on any atom is -0.467 e. The molecule has 0 bridgehead atoms. The van der Waals surface area contributed by atoms with Gasteiger partial charge in [0, 0.05) is 19.0 Å². The smallest absolute Gasteiger partial charge is 0.226 e. The Labute approximate surface area is 142 Å². The van der Waals surface area contributed by atoms with Crippen LogP contribution in [0.5, 0.6) is 0 Å². The molecule has 1 saturated carbocycles. The molecule has 1 aromatic rings. The van der Waals surface area contributed by atoms with Gasteiger partial charge in [0.15, 0.2) is 0 Å². The second-order valence-corrected chi connectivity index (χ2v) is 7.12. The van der Waals surface area contributed by atoms with Crippen molar-refractivity contribution in [1.82, 2.24) is 10.2 Å². The fourth-order valence-corrected chi connectivity index (χ4v) is 3.80. The molecule has 132 valence electrons. The number of nitrogens with zero attached hydrogens (tertiary/aromatic N) is 1. The molecule has 2 fully saturated rings. The molecule has 6 heteroatoms. The number of aliphatic hydroxyl groups excluding tert-OH is 1. The van der Waals surface area contributed by atoms with E-state index in [0.29, 0.717) is 12.3 Å². The summed E-state index contributed by atoms with van der Waals surface area (Å²) < 4.78 is 5.25. The monoisotopic (exact) mass is 334 g/mol. The number of aliphatic hydroxyl groups is 1. The molecule has 6 nitrogen and oxygen atoms in total. The zero-order valence-corrected chi connectivity index (χ0v) is 14.1. The van der Waals surface area contributed by atoms with Crippen molar-refractivity contribution >= 4 is 11.8 Å². The van der Waals surface area contributed by atoms with Gasteiger partial charge < -0.3 is 19.7 Å². The maximum Gasteiger partial charge on any atom is 0.226 e. The summed E-state index contributed by atoms with van der Waals surface area (Å²) in [6.45, 7) is 2.51. The van der Waals surface area contributed by atoms with E-state index < -0.39 is 6.04 Å². The van der Waals surface area contributed by atoms with Crippen molar-refractivity contribution in [3.8, 4) is 0 Å². The van der Waals surface area contributed by atoms with Crippen LogP contribution in [-0.4, -0.2) is 41.0 Å². The highest BCUT2D eigenvalue weighted by Gasteiger charge is 2.39. The van der Waals surface area contributed by atoms with Gasteiger partial charge in [-0.15, -0.1) is 0 Å². The minimum atomic E-state index is -0.563. The Morgan fingerprint density at radius 3 is 2.79 bits per heavy atom. The molecule has 2 amide bonds. The van der Waals surface area contributed by atoms with Crippen LogP contribution in [0, 0.1) is 11.8 Å². The number of hydrogen-bond acceptors (Lipinski definition) is 4. The summed E-state index contributed by atoms with van der Waals surface area (Å²) >= 11 is 0. The standard InChI is InChI=1S/C18H26N2O4/c1-12-4-6-14(7-5-12)20-10-13(9-17(20)22)18(23)19-15(11-21)16-3-2-8-24-16/h2-3,8,12-15,21H,4-7,9-11H2,1H3,(H,19,23). The topological polar surface area (TPSA) is 82.8 Å². The lowest BCUT2D eigenvalue weighted by Gasteiger charge is -2.33. The number of rotatable bonds is 5. The number of hydrogen-bond donors (Lipinski definition) is 2. The molecule has 1 aromatic heterocycles. The third-order valence-electron chi connectivity index (χ3n) is 5.34. The molecule has 1 aliphatic heterocycles. The van der Waals surface area contributed by atoms with Gasteiger partial charge >= 0.3 is 0 Å². The van der Waals surface area contributed by atoms with Crippen LogP contribution >= 0.6 is 0 Å². The van der Waals surface area contributed by atoms with E-state index in [1.165, 1.54) is 6.26 Å². The van der Waals surface area contributed by atoms with Crippen molar-refractivity contribution < 1.29 is 19.1 Å². The summed E-state index contributed by atoms with van der Waals surface area (Å²) in [5.74, 6) is 0.796. The lowest BCUT2D eigenvalue weighted by molar-refractivity contribution is -0.131. The fourth-order valence-electron chi connectivity index (χ4n) is 3.80. The molecule has 2 heterocycles. The molecule has 2 unspecified atom stereocenters. The normalized spacial score (nSPS) is 28.8. The van der Waals surface area contributed by atoms with E-state index in [1.807, 2.05) is 4.90 Å². The highest BCUT2D eigenvalue weighted by molar-refractivity contribution is 5.89. The predicted molar refractivity (Wildman–Crippen MR) is 87.9 cm³/mol. The zero-order valence-electron chi connectivity index (χ0n) is 14.1. The third-order valence-corrected chi connectivity index (χ3v) is 5.34. The van der Waals surface area contributed by atoms with Gasteiger partial charge in [-0.25, -0.2) is 0 Å². The van der Waals surface area contributed by atoms with Crippen molar-refractivity contribution in [2.45, 2.75) is 51.1 Å². The van der Waals surface area contributed by atoms with E-state index in [-0.39, 0.29) is 36.8 Å². The highest BCUT2D eigenvalue weighted by Crippen LogP contribution is 2.31. The molecule has 1 saturated heterocycles. The maximum absolute atomic E-state index is 12.5. The van der Waals surface area contributed by atoms with Gasteiger partial charge in [-0.2, -0.15) is 0 Å². The molecular weight excluding hydrogens is 308 g/mol. The number of likely N-dealkylation sites (tertiary alicyclic amines) is 1. The van der Waals surface area contributed by atoms with Crippen LogP contribution in [0.1, 0.15) is 50.8 Å². The molecule has 3 rings (SSSR count). The van der Waals surface area contributed by atoms with Crippen LogP contribution in [0.4, 0.5) is 0 Å². The first kappa shape index (κ1) is 17.0. The van der Waals surface area contributed by atoms with Gasteiger partial charge in [-0.05, 0) is 43.7 Å². The van der Waals surface area contributed by atoms with E-state index in [9.17, 15) is 14.7 Å². The number of carbonyl (C=O) groups is 2. The van der Waals surface area contributed by atoms with Crippen molar-refractivity contribution in [3.63, 3.8) is 0 Å². The summed E-state index contributed by atoms with van der Waals surface area (Å²) in [7, 11) is 0.